The quantitative estimate of drug-likeness (QED) is 0.777. The molecule has 2 aromatic heterocycles. The number of hydrogen-bond acceptors (Lipinski definition) is 6. The largest absolute Gasteiger partial charge is 0.490 e. The van der Waals surface area contributed by atoms with Gasteiger partial charge in [-0.2, -0.15) is 13.2 Å². The zero-order valence-electron chi connectivity index (χ0n) is 16.3. The molecule has 1 amide bonds. The predicted molar refractivity (Wildman–Crippen MR) is 99.0 cm³/mol. The van der Waals surface area contributed by atoms with E-state index >= 15 is 0 Å². The van der Waals surface area contributed by atoms with E-state index in [2.05, 4.69) is 4.98 Å². The highest BCUT2D eigenvalue weighted by atomic mass is 19.4. The minimum absolute atomic E-state index is 0.0110. The fourth-order valence-electron chi connectivity index (χ4n) is 3.58. The molecule has 0 radical (unpaired) electrons. The first kappa shape index (κ1) is 22.8. The van der Waals surface area contributed by atoms with Gasteiger partial charge in [-0.05, 0) is 36.6 Å². The van der Waals surface area contributed by atoms with Crippen molar-refractivity contribution in [1.82, 2.24) is 9.88 Å². The number of morpholine rings is 1. The zero-order chi connectivity index (χ0) is 22.4. The average Bonchev–Trinajstić information content (AvgIpc) is 3.42. The maximum atomic E-state index is 12.7. The number of hydrogen-bond donors (Lipinski definition) is 1. The van der Waals surface area contributed by atoms with Crippen LogP contribution in [0.25, 0.3) is 0 Å². The monoisotopic (exact) mass is 442 g/mol. The summed E-state index contributed by atoms with van der Waals surface area (Å²) in [6.45, 7) is 1.69. The smallest absolute Gasteiger partial charge is 0.475 e. The fraction of sp³-hybridized carbons (Fsp3) is 0.450. The molecule has 0 bridgehead atoms. The lowest BCUT2D eigenvalue weighted by molar-refractivity contribution is -0.192. The number of aliphatic carboxylic acids is 1. The maximum absolute atomic E-state index is 12.7. The van der Waals surface area contributed by atoms with Gasteiger partial charge in [-0.25, -0.2) is 4.79 Å². The number of alkyl halides is 3. The molecule has 8 nitrogen and oxygen atoms in total. The van der Waals surface area contributed by atoms with Crippen LogP contribution in [0.1, 0.15) is 28.8 Å². The SMILES string of the molecule is O=C(O)C(F)(F)F.O=C(c1ccoc1)N1CCO[C@H]2[C@H](OCc3ccncc3)CC[C@@H]21. The molecular formula is C20H21F3N2O6. The molecule has 3 heterocycles. The number of furan rings is 1. The molecule has 11 heteroatoms. The van der Waals surface area contributed by atoms with Crippen LogP contribution in [0.15, 0.2) is 47.5 Å². The Morgan fingerprint density at radius 3 is 2.55 bits per heavy atom. The highest BCUT2D eigenvalue weighted by Gasteiger charge is 2.45. The predicted octanol–water partition coefficient (Wildman–Crippen LogP) is 2.90. The summed E-state index contributed by atoms with van der Waals surface area (Å²) in [7, 11) is 0. The molecule has 1 aliphatic carbocycles. The van der Waals surface area contributed by atoms with Crippen molar-refractivity contribution in [3.05, 3.63) is 54.2 Å². The molecule has 4 rings (SSSR count). The van der Waals surface area contributed by atoms with E-state index in [0.29, 0.717) is 25.3 Å². The van der Waals surface area contributed by atoms with Gasteiger partial charge in [0.25, 0.3) is 5.91 Å². The summed E-state index contributed by atoms with van der Waals surface area (Å²) in [5, 5.41) is 7.12. The van der Waals surface area contributed by atoms with Gasteiger partial charge in [0.05, 0.1) is 37.2 Å². The molecule has 31 heavy (non-hydrogen) atoms. The summed E-state index contributed by atoms with van der Waals surface area (Å²) < 4.78 is 48.8. The number of nitrogens with zero attached hydrogens (tertiary/aromatic N) is 2. The molecule has 0 unspecified atom stereocenters. The van der Waals surface area contributed by atoms with Crippen molar-refractivity contribution in [2.75, 3.05) is 13.2 Å². The number of aromatic nitrogens is 1. The lowest BCUT2D eigenvalue weighted by Gasteiger charge is -2.38. The summed E-state index contributed by atoms with van der Waals surface area (Å²) in [5.74, 6) is -2.75. The van der Waals surface area contributed by atoms with E-state index in [-0.39, 0.29) is 24.2 Å². The Labute approximate surface area is 175 Å². The number of carboxylic acid groups (broad SMARTS) is 1. The average molecular weight is 442 g/mol. The Bertz CT molecular complexity index is 860. The number of carboxylic acids is 1. The minimum atomic E-state index is -5.08. The number of rotatable bonds is 4. The molecule has 1 aliphatic heterocycles. The summed E-state index contributed by atoms with van der Waals surface area (Å²) in [5.41, 5.74) is 1.69. The van der Waals surface area contributed by atoms with E-state index in [1.807, 2.05) is 17.0 Å². The number of pyridine rings is 1. The van der Waals surface area contributed by atoms with Crippen molar-refractivity contribution in [2.24, 2.45) is 0 Å². The van der Waals surface area contributed by atoms with Crippen molar-refractivity contribution in [3.63, 3.8) is 0 Å². The Hall–Kier alpha value is -2.92. The number of carbonyl (C=O) groups is 2. The van der Waals surface area contributed by atoms with Crippen LogP contribution in [0.2, 0.25) is 0 Å². The normalized spacial score (nSPS) is 22.9. The fourth-order valence-corrected chi connectivity index (χ4v) is 3.58. The Morgan fingerprint density at radius 2 is 1.94 bits per heavy atom. The van der Waals surface area contributed by atoms with Gasteiger partial charge >= 0.3 is 12.1 Å². The molecule has 1 saturated heterocycles. The lowest BCUT2D eigenvalue weighted by Crippen LogP contribution is -2.53. The topological polar surface area (TPSA) is 102 Å². The van der Waals surface area contributed by atoms with Crippen molar-refractivity contribution < 1.29 is 41.8 Å². The number of fused-ring (bicyclic) bond motifs is 1. The van der Waals surface area contributed by atoms with E-state index in [4.69, 9.17) is 23.8 Å². The van der Waals surface area contributed by atoms with Crippen LogP contribution < -0.4 is 0 Å². The van der Waals surface area contributed by atoms with Crippen LogP contribution in [-0.2, 0) is 20.9 Å². The van der Waals surface area contributed by atoms with Gasteiger partial charge in [0.15, 0.2) is 0 Å². The molecule has 2 aliphatic rings. The van der Waals surface area contributed by atoms with Crippen LogP contribution in [0.4, 0.5) is 13.2 Å². The third-order valence-corrected chi connectivity index (χ3v) is 5.02. The van der Waals surface area contributed by atoms with E-state index in [1.54, 1.807) is 18.5 Å². The van der Waals surface area contributed by atoms with E-state index in [0.717, 1.165) is 18.4 Å². The van der Waals surface area contributed by atoms with Gasteiger partial charge < -0.3 is 23.9 Å². The van der Waals surface area contributed by atoms with Gasteiger partial charge in [0.2, 0.25) is 0 Å². The Kier molecular flexibility index (Phi) is 7.29. The van der Waals surface area contributed by atoms with E-state index in [9.17, 15) is 18.0 Å². The van der Waals surface area contributed by atoms with Gasteiger partial charge in [0.1, 0.15) is 12.4 Å². The summed E-state index contributed by atoms with van der Waals surface area (Å²) >= 11 is 0. The minimum Gasteiger partial charge on any atom is -0.475 e. The third-order valence-electron chi connectivity index (χ3n) is 5.02. The van der Waals surface area contributed by atoms with Crippen molar-refractivity contribution in [3.8, 4) is 0 Å². The lowest BCUT2D eigenvalue weighted by atomic mass is 10.1. The molecule has 0 aromatic carbocycles. The summed E-state index contributed by atoms with van der Waals surface area (Å²) in [6, 6.07) is 5.67. The summed E-state index contributed by atoms with van der Waals surface area (Å²) in [6.07, 6.45) is 3.22. The molecule has 1 N–H and O–H groups in total. The molecule has 3 atom stereocenters. The van der Waals surface area contributed by atoms with Crippen LogP contribution in [0.3, 0.4) is 0 Å². The maximum Gasteiger partial charge on any atom is 0.490 e. The zero-order valence-corrected chi connectivity index (χ0v) is 16.3. The Morgan fingerprint density at radius 1 is 1.23 bits per heavy atom. The first-order valence-corrected chi connectivity index (χ1v) is 9.52. The van der Waals surface area contributed by atoms with Crippen LogP contribution >= 0.6 is 0 Å². The van der Waals surface area contributed by atoms with Crippen molar-refractivity contribution in [1.29, 1.82) is 0 Å². The first-order valence-electron chi connectivity index (χ1n) is 9.52. The molecule has 0 spiro atoms. The standard InChI is InChI=1S/C18H20N2O4.C2HF3O2/c21-18(14-5-9-22-12-14)20-8-10-23-17-15(20)1-2-16(17)24-11-13-3-6-19-7-4-13;3-2(4,5)1(6)7/h3-7,9,12,15-17H,1-2,8,10-11H2;(H,6,7)/t15-,16+,17+;/m0./s1. The third kappa shape index (κ3) is 5.82. The van der Waals surface area contributed by atoms with Gasteiger partial charge in [0, 0.05) is 18.9 Å². The molecule has 168 valence electrons. The highest BCUT2D eigenvalue weighted by molar-refractivity contribution is 5.94. The van der Waals surface area contributed by atoms with Gasteiger partial charge in [-0.3, -0.25) is 9.78 Å². The van der Waals surface area contributed by atoms with Crippen LogP contribution in [-0.4, -0.2) is 64.4 Å². The van der Waals surface area contributed by atoms with Gasteiger partial charge in [-0.15, -0.1) is 0 Å². The second kappa shape index (κ2) is 9.92. The molecule has 2 fully saturated rings. The van der Waals surface area contributed by atoms with Gasteiger partial charge in [-0.1, -0.05) is 0 Å². The first-order chi connectivity index (χ1) is 14.8. The van der Waals surface area contributed by atoms with Crippen LogP contribution in [0.5, 0.6) is 0 Å². The highest BCUT2D eigenvalue weighted by Crippen LogP contribution is 2.33. The number of ether oxygens (including phenoxy) is 2. The number of carbonyl (C=O) groups excluding carboxylic acids is 1. The number of halogens is 3. The van der Waals surface area contributed by atoms with Crippen LogP contribution in [0, 0.1) is 0 Å². The van der Waals surface area contributed by atoms with E-state index < -0.39 is 12.1 Å². The second-order valence-electron chi connectivity index (χ2n) is 7.00. The second-order valence-corrected chi connectivity index (χ2v) is 7.00. The van der Waals surface area contributed by atoms with E-state index in [1.165, 1.54) is 12.5 Å². The molecular weight excluding hydrogens is 421 g/mol. The van der Waals surface area contributed by atoms with Crippen molar-refractivity contribution >= 4 is 11.9 Å². The Balaban J connectivity index is 0.000000339. The van der Waals surface area contributed by atoms with Crippen molar-refractivity contribution in [2.45, 2.75) is 43.9 Å². The molecule has 1 saturated carbocycles. The number of amides is 1. The summed E-state index contributed by atoms with van der Waals surface area (Å²) in [4.78, 5) is 27.5. The molecule has 2 aromatic rings.